The lowest BCUT2D eigenvalue weighted by atomic mass is 9.91. The Kier molecular flexibility index (Phi) is 5.56. The number of thiazole rings is 1. The number of hydrogen-bond acceptors (Lipinski definition) is 5. The van der Waals surface area contributed by atoms with Crippen LogP contribution in [0, 0.1) is 0 Å². The van der Waals surface area contributed by atoms with Crippen LogP contribution in [0.4, 0.5) is 5.13 Å². The molecule has 0 atom stereocenters. The first-order chi connectivity index (χ1) is 8.40. The summed E-state index contributed by atoms with van der Waals surface area (Å²) < 4.78 is 5.37. The lowest BCUT2D eigenvalue weighted by molar-refractivity contribution is 0.154. The molecule has 1 rings (SSSR count). The van der Waals surface area contributed by atoms with Crippen LogP contribution in [0.1, 0.15) is 38.3 Å². The Morgan fingerprint density at radius 2 is 2.06 bits per heavy atom. The largest absolute Gasteiger partial charge is 0.380 e. The fraction of sp³-hybridized carbons (Fsp3) is 0.769. The monoisotopic (exact) mass is 271 g/mol. The van der Waals surface area contributed by atoms with E-state index in [0.29, 0.717) is 6.54 Å². The Bertz CT molecular complexity index is 371. The van der Waals surface area contributed by atoms with E-state index in [-0.39, 0.29) is 5.41 Å². The highest BCUT2D eigenvalue weighted by molar-refractivity contribution is 7.15. The maximum Gasteiger partial charge on any atom is 0.185 e. The van der Waals surface area contributed by atoms with Gasteiger partial charge >= 0.3 is 0 Å². The van der Waals surface area contributed by atoms with E-state index >= 15 is 0 Å². The van der Waals surface area contributed by atoms with Gasteiger partial charge in [0.25, 0.3) is 0 Å². The SMILES string of the molecule is CCOCCN(C)c1nc(C(C)(C)C)c(CN)s1. The molecule has 104 valence electrons. The normalized spacial score (nSPS) is 11.9. The zero-order chi connectivity index (χ0) is 13.8. The van der Waals surface area contributed by atoms with E-state index in [0.717, 1.165) is 30.6 Å². The molecular formula is C13H25N3OS. The van der Waals surface area contributed by atoms with Gasteiger partial charge in [-0.2, -0.15) is 0 Å². The van der Waals surface area contributed by atoms with E-state index in [1.807, 2.05) is 14.0 Å². The van der Waals surface area contributed by atoms with Crippen molar-refractivity contribution in [3.05, 3.63) is 10.6 Å². The average Bonchev–Trinajstić information content (AvgIpc) is 2.73. The molecule has 0 amide bonds. The van der Waals surface area contributed by atoms with Gasteiger partial charge in [0.15, 0.2) is 5.13 Å². The molecule has 0 spiro atoms. The number of likely N-dealkylation sites (N-methyl/N-ethyl adjacent to an activating group) is 1. The minimum atomic E-state index is 0.0458. The maximum atomic E-state index is 5.81. The van der Waals surface area contributed by atoms with E-state index in [9.17, 15) is 0 Å². The quantitative estimate of drug-likeness (QED) is 0.807. The number of anilines is 1. The summed E-state index contributed by atoms with van der Waals surface area (Å²) in [6.45, 7) is 11.4. The van der Waals surface area contributed by atoms with Crippen LogP contribution in [0.25, 0.3) is 0 Å². The van der Waals surface area contributed by atoms with Gasteiger partial charge < -0.3 is 15.4 Å². The number of nitrogens with two attached hydrogens (primary N) is 1. The summed E-state index contributed by atoms with van der Waals surface area (Å²) in [6, 6.07) is 0. The molecule has 0 unspecified atom stereocenters. The molecular weight excluding hydrogens is 246 g/mol. The zero-order valence-corrected chi connectivity index (χ0v) is 12.9. The van der Waals surface area contributed by atoms with Gasteiger partial charge in [-0.1, -0.05) is 20.8 Å². The van der Waals surface area contributed by atoms with Gasteiger partial charge in [0.2, 0.25) is 0 Å². The second kappa shape index (κ2) is 6.50. The molecule has 2 N–H and O–H groups in total. The first-order valence-electron chi connectivity index (χ1n) is 6.39. The van der Waals surface area contributed by atoms with Crippen molar-refractivity contribution in [2.75, 3.05) is 31.7 Å². The second-order valence-electron chi connectivity index (χ2n) is 5.34. The molecule has 0 saturated carbocycles. The van der Waals surface area contributed by atoms with Crippen molar-refractivity contribution < 1.29 is 4.74 Å². The van der Waals surface area contributed by atoms with Crippen molar-refractivity contribution >= 4 is 16.5 Å². The number of rotatable bonds is 6. The van der Waals surface area contributed by atoms with Gasteiger partial charge in [-0.05, 0) is 6.92 Å². The summed E-state index contributed by atoms with van der Waals surface area (Å²) in [5, 5.41) is 1.03. The fourth-order valence-electron chi connectivity index (χ4n) is 1.67. The Balaban J connectivity index is 2.81. The van der Waals surface area contributed by atoms with Crippen molar-refractivity contribution in [2.24, 2.45) is 5.73 Å². The van der Waals surface area contributed by atoms with Gasteiger partial charge in [0.1, 0.15) is 0 Å². The molecule has 0 fully saturated rings. The van der Waals surface area contributed by atoms with Crippen molar-refractivity contribution in [2.45, 2.75) is 39.7 Å². The van der Waals surface area contributed by atoms with E-state index in [2.05, 4.69) is 25.7 Å². The molecule has 0 aliphatic rings. The number of nitrogens with zero attached hydrogens (tertiary/aromatic N) is 2. The zero-order valence-electron chi connectivity index (χ0n) is 12.1. The highest BCUT2D eigenvalue weighted by Crippen LogP contribution is 2.33. The minimum Gasteiger partial charge on any atom is -0.380 e. The lowest BCUT2D eigenvalue weighted by Gasteiger charge is -2.18. The van der Waals surface area contributed by atoms with Gasteiger partial charge in [-0.25, -0.2) is 4.98 Å². The fourth-order valence-corrected chi connectivity index (χ4v) is 2.80. The van der Waals surface area contributed by atoms with Crippen LogP contribution in [0.5, 0.6) is 0 Å². The molecule has 0 bridgehead atoms. The predicted molar refractivity (Wildman–Crippen MR) is 78.5 cm³/mol. The van der Waals surface area contributed by atoms with Crippen LogP contribution >= 0.6 is 11.3 Å². The third-order valence-corrected chi connectivity index (χ3v) is 3.88. The summed E-state index contributed by atoms with van der Waals surface area (Å²) in [6.07, 6.45) is 0. The highest BCUT2D eigenvalue weighted by atomic mass is 32.1. The topological polar surface area (TPSA) is 51.4 Å². The van der Waals surface area contributed by atoms with Gasteiger partial charge in [-0.15, -0.1) is 11.3 Å². The molecule has 0 radical (unpaired) electrons. The number of ether oxygens (including phenoxy) is 1. The molecule has 18 heavy (non-hydrogen) atoms. The van der Waals surface area contributed by atoms with Crippen LogP contribution in [0.2, 0.25) is 0 Å². The summed E-state index contributed by atoms with van der Waals surface area (Å²) in [5.41, 5.74) is 6.97. The number of aromatic nitrogens is 1. The van der Waals surface area contributed by atoms with E-state index < -0.39 is 0 Å². The van der Waals surface area contributed by atoms with Gasteiger partial charge in [0.05, 0.1) is 12.3 Å². The van der Waals surface area contributed by atoms with Crippen molar-refractivity contribution in [1.29, 1.82) is 0 Å². The molecule has 0 aliphatic carbocycles. The predicted octanol–water partition coefficient (Wildman–Crippen LogP) is 2.37. The van der Waals surface area contributed by atoms with Crippen LogP contribution in [0.3, 0.4) is 0 Å². The molecule has 0 aliphatic heterocycles. The smallest absolute Gasteiger partial charge is 0.185 e. The van der Waals surface area contributed by atoms with E-state index in [4.69, 9.17) is 15.5 Å². The summed E-state index contributed by atoms with van der Waals surface area (Å²) >= 11 is 1.69. The molecule has 0 aromatic carbocycles. The summed E-state index contributed by atoms with van der Waals surface area (Å²) in [5.74, 6) is 0. The standard InChI is InChI=1S/C13H25N3OS/c1-6-17-8-7-16(5)12-15-11(13(2,3)4)10(9-14)18-12/h6-9,14H2,1-5H3. The summed E-state index contributed by atoms with van der Waals surface area (Å²) in [4.78, 5) is 8.05. The third-order valence-electron chi connectivity index (χ3n) is 2.68. The summed E-state index contributed by atoms with van der Waals surface area (Å²) in [7, 11) is 2.05. The van der Waals surface area contributed by atoms with E-state index in [1.165, 1.54) is 4.88 Å². The van der Waals surface area contributed by atoms with Crippen molar-refractivity contribution in [1.82, 2.24) is 4.98 Å². The van der Waals surface area contributed by atoms with Crippen molar-refractivity contribution in [3.8, 4) is 0 Å². The second-order valence-corrected chi connectivity index (χ2v) is 6.40. The molecule has 0 saturated heterocycles. The van der Waals surface area contributed by atoms with Crippen molar-refractivity contribution in [3.63, 3.8) is 0 Å². The Labute approximate surface area is 114 Å². The van der Waals surface area contributed by atoms with Crippen LogP contribution in [-0.2, 0) is 16.7 Å². The van der Waals surface area contributed by atoms with Crippen LogP contribution < -0.4 is 10.6 Å². The minimum absolute atomic E-state index is 0.0458. The first kappa shape index (κ1) is 15.4. The first-order valence-corrected chi connectivity index (χ1v) is 7.21. The highest BCUT2D eigenvalue weighted by Gasteiger charge is 2.23. The van der Waals surface area contributed by atoms with Crippen LogP contribution in [-0.4, -0.2) is 31.8 Å². The average molecular weight is 271 g/mol. The van der Waals surface area contributed by atoms with Crippen LogP contribution in [0.15, 0.2) is 0 Å². The Morgan fingerprint density at radius 1 is 1.39 bits per heavy atom. The maximum absolute atomic E-state index is 5.81. The Morgan fingerprint density at radius 3 is 2.50 bits per heavy atom. The van der Waals surface area contributed by atoms with Gasteiger partial charge in [-0.3, -0.25) is 0 Å². The molecule has 5 heteroatoms. The molecule has 4 nitrogen and oxygen atoms in total. The molecule has 1 aromatic heterocycles. The Hall–Kier alpha value is -0.650. The molecule has 1 aromatic rings. The third kappa shape index (κ3) is 3.93. The number of hydrogen-bond donors (Lipinski definition) is 1. The van der Waals surface area contributed by atoms with E-state index in [1.54, 1.807) is 11.3 Å². The van der Waals surface area contributed by atoms with Gasteiger partial charge in [0, 0.05) is 37.0 Å². The lowest BCUT2D eigenvalue weighted by Crippen LogP contribution is -2.23. The molecule has 1 heterocycles.